The number of benzene rings is 1. The zero-order chi connectivity index (χ0) is 16.1. The number of amides is 1. The molecule has 0 radical (unpaired) electrons. The van der Waals surface area contributed by atoms with Crippen LogP contribution < -0.4 is 5.32 Å². The van der Waals surface area contributed by atoms with Crippen molar-refractivity contribution in [3.63, 3.8) is 0 Å². The van der Waals surface area contributed by atoms with Crippen LogP contribution in [0.15, 0.2) is 46.9 Å². The molecule has 3 rings (SSSR count). The largest absolute Gasteiger partial charge is 0.508 e. The molecule has 2 N–H and O–H groups in total. The zero-order valence-corrected chi connectivity index (χ0v) is 13.5. The minimum Gasteiger partial charge on any atom is -0.508 e. The number of thiophene rings is 1. The van der Waals surface area contributed by atoms with E-state index in [1.807, 2.05) is 17.5 Å². The summed E-state index contributed by atoms with van der Waals surface area (Å²) in [4.78, 5) is 13.0. The van der Waals surface area contributed by atoms with Crippen molar-refractivity contribution in [1.82, 2.24) is 25.5 Å². The Morgan fingerprint density at radius 3 is 2.87 bits per heavy atom. The van der Waals surface area contributed by atoms with Gasteiger partial charge in [-0.3, -0.25) is 4.79 Å². The van der Waals surface area contributed by atoms with E-state index in [2.05, 4.69) is 20.8 Å². The lowest BCUT2D eigenvalue weighted by molar-refractivity contribution is -0.118. The minimum absolute atomic E-state index is 0.0799. The number of tetrazole rings is 1. The first-order chi connectivity index (χ1) is 11.2. The van der Waals surface area contributed by atoms with Gasteiger partial charge in [-0.15, -0.1) is 16.4 Å². The minimum atomic E-state index is -0.0799. The standard InChI is InChI=1S/C14H13N5O2S2/c20-11-5-3-10(4-6-11)19-14(16-17-18-19)23-9-13(21)15-8-12-2-1-7-22-12/h1-7,20H,8-9H2,(H,15,21). The van der Waals surface area contributed by atoms with E-state index in [0.717, 1.165) is 4.88 Å². The predicted molar refractivity (Wildman–Crippen MR) is 87.7 cm³/mol. The van der Waals surface area contributed by atoms with Gasteiger partial charge in [0.1, 0.15) is 5.75 Å². The molecule has 0 unspecified atom stereocenters. The van der Waals surface area contributed by atoms with E-state index < -0.39 is 0 Å². The Morgan fingerprint density at radius 1 is 1.30 bits per heavy atom. The van der Waals surface area contributed by atoms with Crippen molar-refractivity contribution in [3.8, 4) is 11.4 Å². The maximum atomic E-state index is 11.9. The highest BCUT2D eigenvalue weighted by Crippen LogP contribution is 2.19. The zero-order valence-electron chi connectivity index (χ0n) is 11.9. The number of aromatic nitrogens is 4. The number of nitrogens with one attached hydrogen (secondary N) is 1. The molecule has 2 aromatic heterocycles. The number of nitrogens with zero attached hydrogens (tertiary/aromatic N) is 4. The second-order valence-corrected chi connectivity index (χ2v) is 6.51. The van der Waals surface area contributed by atoms with Crippen molar-refractivity contribution in [3.05, 3.63) is 46.7 Å². The van der Waals surface area contributed by atoms with Gasteiger partial charge >= 0.3 is 0 Å². The first kappa shape index (κ1) is 15.5. The molecule has 0 aliphatic heterocycles. The van der Waals surface area contributed by atoms with Crippen LogP contribution in [-0.4, -0.2) is 37.0 Å². The fraction of sp³-hybridized carbons (Fsp3) is 0.143. The van der Waals surface area contributed by atoms with Gasteiger partial charge in [-0.25, -0.2) is 0 Å². The van der Waals surface area contributed by atoms with Gasteiger partial charge in [0.05, 0.1) is 18.0 Å². The van der Waals surface area contributed by atoms with Crippen LogP contribution in [0.2, 0.25) is 0 Å². The molecule has 0 bridgehead atoms. The smallest absolute Gasteiger partial charge is 0.230 e. The summed E-state index contributed by atoms with van der Waals surface area (Å²) < 4.78 is 1.52. The molecule has 0 fully saturated rings. The van der Waals surface area contributed by atoms with Crippen LogP contribution in [0.3, 0.4) is 0 Å². The van der Waals surface area contributed by atoms with E-state index in [-0.39, 0.29) is 17.4 Å². The average molecular weight is 347 g/mol. The summed E-state index contributed by atoms with van der Waals surface area (Å²) in [6.45, 7) is 0.528. The number of thioether (sulfide) groups is 1. The molecule has 0 spiro atoms. The number of hydrogen-bond acceptors (Lipinski definition) is 7. The van der Waals surface area contributed by atoms with E-state index in [1.54, 1.807) is 35.6 Å². The number of carbonyl (C=O) groups excluding carboxylic acids is 1. The van der Waals surface area contributed by atoms with Gasteiger partial charge in [-0.1, -0.05) is 17.8 Å². The van der Waals surface area contributed by atoms with Crippen molar-refractivity contribution in [1.29, 1.82) is 0 Å². The molecular formula is C14H13N5O2S2. The second-order valence-electron chi connectivity index (χ2n) is 4.53. The number of hydrogen-bond donors (Lipinski definition) is 2. The van der Waals surface area contributed by atoms with Gasteiger partial charge in [0, 0.05) is 4.88 Å². The number of aromatic hydroxyl groups is 1. The van der Waals surface area contributed by atoms with Gasteiger partial charge in [0.25, 0.3) is 0 Å². The number of rotatable bonds is 6. The molecule has 0 saturated carbocycles. The molecule has 118 valence electrons. The Kier molecular flexibility index (Phi) is 4.89. The monoisotopic (exact) mass is 347 g/mol. The second kappa shape index (κ2) is 7.25. The summed E-state index contributed by atoms with van der Waals surface area (Å²) in [5.74, 6) is 0.316. The quantitative estimate of drug-likeness (QED) is 0.661. The van der Waals surface area contributed by atoms with Crippen LogP contribution >= 0.6 is 23.1 Å². The molecule has 2 heterocycles. The molecule has 0 aliphatic carbocycles. The van der Waals surface area contributed by atoms with Gasteiger partial charge < -0.3 is 10.4 Å². The van der Waals surface area contributed by atoms with Crippen LogP contribution in [0.5, 0.6) is 5.75 Å². The van der Waals surface area contributed by atoms with E-state index in [9.17, 15) is 9.90 Å². The lowest BCUT2D eigenvalue weighted by Crippen LogP contribution is -2.24. The van der Waals surface area contributed by atoms with Crippen LogP contribution in [0, 0.1) is 0 Å². The molecule has 23 heavy (non-hydrogen) atoms. The van der Waals surface area contributed by atoms with Gasteiger partial charge in [0.2, 0.25) is 11.1 Å². The third-order valence-electron chi connectivity index (χ3n) is 2.91. The van der Waals surface area contributed by atoms with Crippen molar-refractivity contribution in [2.45, 2.75) is 11.7 Å². The average Bonchev–Trinajstić information content (AvgIpc) is 3.23. The van der Waals surface area contributed by atoms with Crippen LogP contribution in [-0.2, 0) is 11.3 Å². The summed E-state index contributed by atoms with van der Waals surface area (Å²) in [5, 5.41) is 26.1. The molecule has 1 amide bonds. The first-order valence-electron chi connectivity index (χ1n) is 6.72. The molecule has 0 atom stereocenters. The van der Waals surface area contributed by atoms with E-state index in [0.29, 0.717) is 17.4 Å². The maximum absolute atomic E-state index is 11.9. The predicted octanol–water partition coefficient (Wildman–Crippen LogP) is 1.84. The third kappa shape index (κ3) is 4.08. The van der Waals surface area contributed by atoms with Crippen molar-refractivity contribution < 1.29 is 9.90 Å². The number of phenols is 1. The molecular weight excluding hydrogens is 334 g/mol. The molecule has 0 aliphatic rings. The summed E-state index contributed by atoms with van der Waals surface area (Å²) in [5.41, 5.74) is 0.717. The maximum Gasteiger partial charge on any atom is 0.230 e. The molecule has 7 nitrogen and oxygen atoms in total. The van der Waals surface area contributed by atoms with Crippen molar-refractivity contribution in [2.75, 3.05) is 5.75 Å². The van der Waals surface area contributed by atoms with Crippen LogP contribution in [0.25, 0.3) is 5.69 Å². The lowest BCUT2D eigenvalue weighted by Gasteiger charge is -2.05. The Balaban J connectivity index is 1.57. The van der Waals surface area contributed by atoms with E-state index in [4.69, 9.17) is 0 Å². The fourth-order valence-corrected chi connectivity index (χ4v) is 3.17. The molecule has 1 aromatic carbocycles. The van der Waals surface area contributed by atoms with Gasteiger partial charge in [0.15, 0.2) is 0 Å². The highest BCUT2D eigenvalue weighted by molar-refractivity contribution is 7.99. The molecule has 3 aromatic rings. The Labute approximate surface area is 140 Å². The summed E-state index contributed by atoms with van der Waals surface area (Å²) in [6.07, 6.45) is 0. The Bertz CT molecular complexity index is 771. The lowest BCUT2D eigenvalue weighted by atomic mass is 10.3. The van der Waals surface area contributed by atoms with Crippen LogP contribution in [0.1, 0.15) is 4.88 Å². The summed E-state index contributed by atoms with van der Waals surface area (Å²) >= 11 is 2.86. The summed E-state index contributed by atoms with van der Waals surface area (Å²) in [7, 11) is 0. The van der Waals surface area contributed by atoms with Gasteiger partial charge in [-0.2, -0.15) is 4.68 Å². The van der Waals surface area contributed by atoms with E-state index >= 15 is 0 Å². The topological polar surface area (TPSA) is 92.9 Å². The number of phenolic OH excluding ortho intramolecular Hbond substituents is 1. The molecule has 0 saturated heterocycles. The first-order valence-corrected chi connectivity index (χ1v) is 8.58. The number of carbonyl (C=O) groups is 1. The summed E-state index contributed by atoms with van der Waals surface area (Å²) in [6, 6.07) is 10.4. The Morgan fingerprint density at radius 2 is 2.13 bits per heavy atom. The van der Waals surface area contributed by atoms with E-state index in [1.165, 1.54) is 16.4 Å². The fourth-order valence-electron chi connectivity index (χ4n) is 1.80. The molecule has 9 heteroatoms. The third-order valence-corrected chi connectivity index (χ3v) is 4.70. The van der Waals surface area contributed by atoms with Gasteiger partial charge in [-0.05, 0) is 46.1 Å². The Hall–Kier alpha value is -2.39. The van der Waals surface area contributed by atoms with Crippen molar-refractivity contribution in [2.24, 2.45) is 0 Å². The van der Waals surface area contributed by atoms with Crippen molar-refractivity contribution >= 4 is 29.0 Å². The highest BCUT2D eigenvalue weighted by Gasteiger charge is 2.11. The normalized spacial score (nSPS) is 10.6. The van der Waals surface area contributed by atoms with Crippen LogP contribution in [0.4, 0.5) is 0 Å². The SMILES string of the molecule is O=C(CSc1nnnn1-c1ccc(O)cc1)NCc1cccs1. The highest BCUT2D eigenvalue weighted by atomic mass is 32.2.